The summed E-state index contributed by atoms with van der Waals surface area (Å²) in [6.45, 7) is 10.6. The summed E-state index contributed by atoms with van der Waals surface area (Å²) < 4.78 is 5.98. The van der Waals surface area contributed by atoms with E-state index < -0.39 is 0 Å². The Kier molecular flexibility index (Phi) is 6.44. The first-order valence-electron chi connectivity index (χ1n) is 11.4. The van der Waals surface area contributed by atoms with E-state index in [2.05, 4.69) is 53.3 Å². The van der Waals surface area contributed by atoms with Gasteiger partial charge < -0.3 is 20.3 Å². The second-order valence-electron chi connectivity index (χ2n) is 10.2. The highest BCUT2D eigenvalue weighted by atomic mass is 16.5. The number of piperidine rings is 1. The lowest BCUT2D eigenvalue weighted by Crippen LogP contribution is -2.58. The first kappa shape index (κ1) is 22.6. The Morgan fingerprint density at radius 1 is 1.16 bits per heavy atom. The summed E-state index contributed by atoms with van der Waals surface area (Å²) in [6.07, 6.45) is 5.71. The number of morpholine rings is 1. The molecule has 2 aromatic heterocycles. The highest BCUT2D eigenvalue weighted by Crippen LogP contribution is 2.35. The number of aromatic nitrogens is 3. The molecule has 2 aromatic rings. The largest absolute Gasteiger partial charge is 0.368 e. The molecule has 0 aliphatic carbocycles. The van der Waals surface area contributed by atoms with Crippen molar-refractivity contribution in [1.82, 2.24) is 25.2 Å². The van der Waals surface area contributed by atoms with E-state index in [-0.39, 0.29) is 23.1 Å². The molecule has 0 saturated carbocycles. The van der Waals surface area contributed by atoms with Gasteiger partial charge in [0.15, 0.2) is 0 Å². The van der Waals surface area contributed by atoms with Gasteiger partial charge in [-0.05, 0) is 64.7 Å². The van der Waals surface area contributed by atoms with E-state index in [1.165, 1.54) is 0 Å². The van der Waals surface area contributed by atoms with Crippen LogP contribution in [0.2, 0.25) is 0 Å². The Balaban J connectivity index is 1.39. The van der Waals surface area contributed by atoms with Gasteiger partial charge in [-0.1, -0.05) is 6.07 Å². The van der Waals surface area contributed by atoms with Crippen molar-refractivity contribution in [2.24, 2.45) is 5.92 Å². The molecule has 2 aliphatic heterocycles. The molecule has 4 rings (SSSR count). The molecule has 1 unspecified atom stereocenters. The van der Waals surface area contributed by atoms with Crippen LogP contribution in [0.5, 0.6) is 0 Å². The van der Waals surface area contributed by atoms with Gasteiger partial charge in [0, 0.05) is 36.4 Å². The Hall–Kier alpha value is -2.58. The average molecular weight is 439 g/mol. The topological polar surface area (TPSA) is 92.3 Å². The number of carbonyl (C=O) groups is 1. The van der Waals surface area contributed by atoms with Crippen molar-refractivity contribution in [2.75, 3.05) is 25.0 Å². The molecule has 32 heavy (non-hydrogen) atoms. The molecule has 2 N–H and O–H groups in total. The van der Waals surface area contributed by atoms with Crippen LogP contribution in [0.3, 0.4) is 0 Å². The van der Waals surface area contributed by atoms with Crippen molar-refractivity contribution in [1.29, 1.82) is 0 Å². The lowest BCUT2D eigenvalue weighted by atomic mass is 9.74. The Labute approximate surface area is 190 Å². The number of nitrogens with one attached hydrogen (secondary N) is 2. The number of carbonyl (C=O) groups excluding carboxylic acids is 1. The van der Waals surface area contributed by atoms with E-state index in [1.807, 2.05) is 23.1 Å². The predicted octanol–water partition coefficient (Wildman–Crippen LogP) is 3.46. The zero-order valence-electron chi connectivity index (χ0n) is 19.5. The van der Waals surface area contributed by atoms with Crippen LogP contribution >= 0.6 is 0 Å². The number of hydrogen-bond acceptors (Lipinski definition) is 7. The summed E-state index contributed by atoms with van der Waals surface area (Å²) in [6, 6.07) is 7.50. The summed E-state index contributed by atoms with van der Waals surface area (Å²) in [5.74, 6) is 1.74. The second kappa shape index (κ2) is 9.11. The number of ether oxygens (including phenoxy) is 1. The number of anilines is 2. The summed E-state index contributed by atoms with van der Waals surface area (Å²) in [5.41, 5.74) is 0.882. The molecule has 1 atom stereocenters. The maximum absolute atomic E-state index is 13.2. The molecule has 2 fully saturated rings. The first-order valence-corrected chi connectivity index (χ1v) is 11.4. The monoisotopic (exact) mass is 438 g/mol. The third-order valence-electron chi connectivity index (χ3n) is 6.06. The molecule has 8 heteroatoms. The van der Waals surface area contributed by atoms with Gasteiger partial charge in [0.05, 0.1) is 18.8 Å². The second-order valence-corrected chi connectivity index (χ2v) is 10.2. The number of nitrogens with zero attached hydrogens (tertiary/aromatic N) is 4. The van der Waals surface area contributed by atoms with Gasteiger partial charge in [0.1, 0.15) is 11.9 Å². The van der Waals surface area contributed by atoms with Gasteiger partial charge >= 0.3 is 0 Å². The van der Waals surface area contributed by atoms with Crippen molar-refractivity contribution in [2.45, 2.75) is 64.1 Å². The van der Waals surface area contributed by atoms with E-state index in [0.29, 0.717) is 43.8 Å². The van der Waals surface area contributed by atoms with Gasteiger partial charge in [-0.2, -0.15) is 0 Å². The molecule has 2 aliphatic rings. The number of hydrogen-bond donors (Lipinski definition) is 2. The minimum Gasteiger partial charge on any atom is -0.368 e. The fraction of sp³-hybridized carbons (Fsp3) is 0.583. The van der Waals surface area contributed by atoms with Gasteiger partial charge in [-0.25, -0.2) is 15.0 Å². The SMILES string of the molecule is CC1(C)CC(CC(=O)N2CCOC(c3cccc(Nc4ncccn4)n3)C2)CC(C)(C)N1. The number of rotatable bonds is 5. The summed E-state index contributed by atoms with van der Waals surface area (Å²) in [7, 11) is 0. The van der Waals surface area contributed by atoms with Gasteiger partial charge in [-0.3, -0.25) is 4.79 Å². The zero-order valence-corrected chi connectivity index (χ0v) is 19.5. The minimum absolute atomic E-state index is 0.0417. The Morgan fingerprint density at radius 2 is 1.88 bits per heavy atom. The lowest BCUT2D eigenvalue weighted by molar-refractivity contribution is -0.140. The van der Waals surface area contributed by atoms with Crippen LogP contribution in [0.15, 0.2) is 36.7 Å². The Bertz CT molecular complexity index is 917. The highest BCUT2D eigenvalue weighted by molar-refractivity contribution is 5.76. The standard InChI is InChI=1S/C24H34N6O2/c1-23(2)14-17(15-24(3,4)29-23)13-21(31)30-11-12-32-19(16-30)18-7-5-8-20(27-18)28-22-25-9-6-10-26-22/h5-10,17,19,29H,11-16H2,1-4H3,(H,25,26,27,28). The van der Waals surface area contributed by atoms with Crippen molar-refractivity contribution in [3.05, 3.63) is 42.4 Å². The maximum Gasteiger partial charge on any atom is 0.228 e. The minimum atomic E-state index is -0.243. The van der Waals surface area contributed by atoms with E-state index in [4.69, 9.17) is 4.74 Å². The van der Waals surface area contributed by atoms with Gasteiger partial charge in [-0.15, -0.1) is 0 Å². The average Bonchev–Trinajstić information content (AvgIpc) is 2.72. The molecule has 0 aromatic carbocycles. The molecule has 0 radical (unpaired) electrons. The van der Waals surface area contributed by atoms with Crippen LogP contribution in [0.25, 0.3) is 0 Å². The van der Waals surface area contributed by atoms with Crippen molar-refractivity contribution in [3.8, 4) is 0 Å². The highest BCUT2D eigenvalue weighted by Gasteiger charge is 2.39. The molecule has 8 nitrogen and oxygen atoms in total. The third-order valence-corrected chi connectivity index (χ3v) is 6.06. The van der Waals surface area contributed by atoms with Gasteiger partial charge in [0.2, 0.25) is 11.9 Å². The molecule has 1 amide bonds. The molecule has 2 saturated heterocycles. The first-order chi connectivity index (χ1) is 15.2. The summed E-state index contributed by atoms with van der Waals surface area (Å²) in [5, 5.41) is 6.81. The van der Waals surface area contributed by atoms with E-state index >= 15 is 0 Å². The normalized spacial score (nSPS) is 23.0. The molecular weight excluding hydrogens is 404 g/mol. The third kappa shape index (κ3) is 5.81. The smallest absolute Gasteiger partial charge is 0.228 e. The maximum atomic E-state index is 13.2. The van der Waals surface area contributed by atoms with E-state index in [0.717, 1.165) is 18.5 Å². The van der Waals surface area contributed by atoms with Crippen LogP contribution in [0.4, 0.5) is 11.8 Å². The van der Waals surface area contributed by atoms with Crippen molar-refractivity contribution < 1.29 is 9.53 Å². The van der Waals surface area contributed by atoms with Gasteiger partial charge in [0.25, 0.3) is 0 Å². The zero-order chi connectivity index (χ0) is 22.8. The molecule has 0 spiro atoms. The fourth-order valence-corrected chi connectivity index (χ4v) is 5.29. The van der Waals surface area contributed by atoms with Crippen LogP contribution in [-0.2, 0) is 9.53 Å². The number of pyridine rings is 1. The van der Waals surface area contributed by atoms with Crippen LogP contribution in [-0.4, -0.2) is 56.5 Å². The fourth-order valence-electron chi connectivity index (χ4n) is 5.29. The Morgan fingerprint density at radius 3 is 2.59 bits per heavy atom. The molecule has 4 heterocycles. The lowest BCUT2D eigenvalue weighted by Gasteiger charge is -2.47. The van der Waals surface area contributed by atoms with Crippen LogP contribution in [0.1, 0.15) is 58.8 Å². The molecule has 172 valence electrons. The predicted molar refractivity (Wildman–Crippen MR) is 123 cm³/mol. The number of amides is 1. The van der Waals surface area contributed by atoms with Crippen LogP contribution < -0.4 is 10.6 Å². The summed E-state index contributed by atoms with van der Waals surface area (Å²) >= 11 is 0. The van der Waals surface area contributed by atoms with E-state index in [1.54, 1.807) is 18.5 Å². The molecular formula is C24H34N6O2. The van der Waals surface area contributed by atoms with Crippen LogP contribution in [0, 0.1) is 5.92 Å². The molecule has 0 bridgehead atoms. The quantitative estimate of drug-likeness (QED) is 0.738. The van der Waals surface area contributed by atoms with E-state index in [9.17, 15) is 4.79 Å². The van der Waals surface area contributed by atoms with Crippen molar-refractivity contribution in [3.63, 3.8) is 0 Å². The summed E-state index contributed by atoms with van der Waals surface area (Å²) in [4.78, 5) is 28.1. The van der Waals surface area contributed by atoms with Crippen molar-refractivity contribution >= 4 is 17.7 Å².